The number of amides is 2. The molecule has 0 aliphatic rings. The molecule has 0 bridgehead atoms. The summed E-state index contributed by atoms with van der Waals surface area (Å²) in [5.41, 5.74) is 1.38. The van der Waals surface area contributed by atoms with Gasteiger partial charge in [0.05, 0.1) is 13.1 Å². The number of carbonyl (C=O) groups excluding carboxylic acids is 2. The summed E-state index contributed by atoms with van der Waals surface area (Å²) in [5.74, 6) is -1.06. The predicted octanol–water partition coefficient (Wildman–Crippen LogP) is 2.31. The average Bonchev–Trinajstić information content (AvgIpc) is 2.99. The molecule has 2 rings (SSSR count). The Morgan fingerprint density at radius 2 is 1.80 bits per heavy atom. The largest absolute Gasteiger partial charge is 0.472 e. The number of alkyl carbamates (subject to hydrolysis) is 1. The van der Waals surface area contributed by atoms with Gasteiger partial charge in [-0.2, -0.15) is 0 Å². The Morgan fingerprint density at radius 1 is 1.13 bits per heavy atom. The van der Waals surface area contributed by atoms with Crippen molar-refractivity contribution in [3.63, 3.8) is 0 Å². The highest BCUT2D eigenvalue weighted by Gasteiger charge is 2.29. The average molecular weight is 420 g/mol. The van der Waals surface area contributed by atoms with Gasteiger partial charge in [0.2, 0.25) is 0 Å². The summed E-state index contributed by atoms with van der Waals surface area (Å²) in [6.07, 6.45) is 0.0652. The molecule has 9 heteroatoms. The summed E-state index contributed by atoms with van der Waals surface area (Å²) in [6.45, 7) is 10.9. The Kier molecular flexibility index (Phi) is 7.42. The van der Waals surface area contributed by atoms with Crippen molar-refractivity contribution in [3.8, 4) is 0 Å². The van der Waals surface area contributed by atoms with Crippen LogP contribution in [0.1, 0.15) is 62.0 Å². The quantitative estimate of drug-likeness (QED) is 0.449. The zero-order valence-electron chi connectivity index (χ0n) is 18.2. The van der Waals surface area contributed by atoms with E-state index in [2.05, 4.69) is 10.6 Å². The number of aromatic carboxylic acids is 1. The lowest BCUT2D eigenvalue weighted by molar-refractivity contribution is -0.671. The van der Waals surface area contributed by atoms with Crippen molar-refractivity contribution in [2.24, 2.45) is 0 Å². The molecule has 0 spiro atoms. The van der Waals surface area contributed by atoms with Crippen LogP contribution in [0.15, 0.2) is 18.2 Å². The monoisotopic (exact) mass is 419 g/mol. The molecule has 1 aromatic carbocycles. The van der Waals surface area contributed by atoms with Gasteiger partial charge in [0.15, 0.2) is 11.0 Å². The molecule has 0 atom stereocenters. The highest BCUT2D eigenvalue weighted by Crippen LogP contribution is 2.17. The second-order valence-corrected chi connectivity index (χ2v) is 7.86. The molecule has 0 radical (unpaired) electrons. The highest BCUT2D eigenvalue weighted by molar-refractivity contribution is 5.97. The molecule has 0 unspecified atom stereocenters. The lowest BCUT2D eigenvalue weighted by Crippen LogP contribution is -2.39. The molecular weight excluding hydrogens is 388 g/mol. The lowest BCUT2D eigenvalue weighted by atomic mass is 10.2. The number of benzene rings is 1. The molecular formula is C21H31N4O5+. The first-order chi connectivity index (χ1) is 14.1. The van der Waals surface area contributed by atoms with Crippen molar-refractivity contribution in [1.82, 2.24) is 15.2 Å². The van der Waals surface area contributed by atoms with E-state index >= 15 is 0 Å². The number of hydrogen-bond donors (Lipinski definition) is 3. The molecule has 164 valence electrons. The number of carbonyl (C=O) groups is 3. The molecule has 2 amide bonds. The fraction of sp³-hybridized carbons (Fsp3) is 0.524. The Labute approximate surface area is 176 Å². The van der Waals surface area contributed by atoms with Crippen molar-refractivity contribution >= 4 is 29.0 Å². The van der Waals surface area contributed by atoms with Crippen LogP contribution in [0, 0.1) is 0 Å². The fourth-order valence-corrected chi connectivity index (χ4v) is 3.25. The zero-order valence-corrected chi connectivity index (χ0v) is 18.2. The Bertz CT molecular complexity index is 943. The topological polar surface area (TPSA) is 114 Å². The second-order valence-electron chi connectivity index (χ2n) is 7.86. The maximum atomic E-state index is 12.5. The fourth-order valence-electron chi connectivity index (χ4n) is 3.25. The van der Waals surface area contributed by atoms with E-state index in [1.54, 1.807) is 48.1 Å². The molecule has 1 aromatic heterocycles. The minimum absolute atomic E-state index is 0.195. The minimum atomic E-state index is -1.00. The number of imidazole rings is 1. The number of nitrogens with one attached hydrogen (secondary N) is 2. The van der Waals surface area contributed by atoms with Crippen LogP contribution < -0.4 is 15.2 Å². The third-order valence-corrected chi connectivity index (χ3v) is 4.46. The normalized spacial score (nSPS) is 11.4. The van der Waals surface area contributed by atoms with Gasteiger partial charge >= 0.3 is 17.9 Å². The third-order valence-electron chi connectivity index (χ3n) is 4.46. The van der Waals surface area contributed by atoms with Gasteiger partial charge in [-0.1, -0.05) is 0 Å². The van der Waals surface area contributed by atoms with Gasteiger partial charge in [0.25, 0.3) is 5.91 Å². The van der Waals surface area contributed by atoms with Gasteiger partial charge in [-0.05, 0) is 53.2 Å². The number of carboxylic acid groups (broad SMARTS) is 1. The lowest BCUT2D eigenvalue weighted by Gasteiger charge is -2.19. The van der Waals surface area contributed by atoms with E-state index in [1.165, 1.54) is 0 Å². The number of rotatable bonds is 8. The van der Waals surface area contributed by atoms with Crippen LogP contribution in [0.4, 0.5) is 4.79 Å². The van der Waals surface area contributed by atoms with E-state index in [-0.39, 0.29) is 11.7 Å². The van der Waals surface area contributed by atoms with Crippen LogP contribution in [-0.4, -0.2) is 46.3 Å². The van der Waals surface area contributed by atoms with Crippen LogP contribution in [0.2, 0.25) is 0 Å². The van der Waals surface area contributed by atoms with Gasteiger partial charge < -0.3 is 20.5 Å². The molecule has 0 aliphatic carbocycles. The Hall–Kier alpha value is -3.10. The molecule has 0 saturated heterocycles. The molecule has 3 N–H and O–H groups in total. The summed E-state index contributed by atoms with van der Waals surface area (Å²) in [7, 11) is 0. The van der Waals surface area contributed by atoms with Crippen molar-refractivity contribution in [3.05, 3.63) is 29.6 Å². The molecule has 0 fully saturated rings. The van der Waals surface area contributed by atoms with Crippen LogP contribution in [0.5, 0.6) is 0 Å². The van der Waals surface area contributed by atoms with Crippen molar-refractivity contribution in [2.45, 2.75) is 59.7 Å². The summed E-state index contributed by atoms with van der Waals surface area (Å²) in [6, 6.07) is 5.18. The van der Waals surface area contributed by atoms with E-state index < -0.39 is 17.7 Å². The molecule has 0 saturated carbocycles. The van der Waals surface area contributed by atoms with Crippen LogP contribution in [-0.2, 0) is 17.8 Å². The maximum Gasteiger partial charge on any atom is 0.419 e. The van der Waals surface area contributed by atoms with Crippen molar-refractivity contribution < 1.29 is 28.8 Å². The van der Waals surface area contributed by atoms with Crippen LogP contribution >= 0.6 is 0 Å². The highest BCUT2D eigenvalue weighted by atomic mass is 16.6. The number of nitrogens with zero attached hydrogens (tertiary/aromatic N) is 2. The zero-order chi connectivity index (χ0) is 22.5. The summed E-state index contributed by atoms with van der Waals surface area (Å²) < 4.78 is 8.58. The maximum absolute atomic E-state index is 12.5. The van der Waals surface area contributed by atoms with E-state index in [9.17, 15) is 19.5 Å². The predicted molar refractivity (Wildman–Crippen MR) is 112 cm³/mol. The van der Waals surface area contributed by atoms with E-state index in [4.69, 9.17) is 4.74 Å². The van der Waals surface area contributed by atoms with Gasteiger partial charge in [-0.25, -0.2) is 18.7 Å². The Morgan fingerprint density at radius 3 is 2.37 bits per heavy atom. The summed E-state index contributed by atoms with van der Waals surface area (Å²) in [5, 5.41) is 15.1. The number of aryl methyl sites for hydroxylation is 2. The van der Waals surface area contributed by atoms with Crippen molar-refractivity contribution in [2.75, 3.05) is 13.1 Å². The van der Waals surface area contributed by atoms with E-state index in [0.29, 0.717) is 43.7 Å². The first kappa shape index (κ1) is 23.2. The van der Waals surface area contributed by atoms with Crippen molar-refractivity contribution in [1.29, 1.82) is 0 Å². The van der Waals surface area contributed by atoms with Gasteiger partial charge in [0, 0.05) is 24.7 Å². The second kappa shape index (κ2) is 9.60. The van der Waals surface area contributed by atoms with Crippen LogP contribution in [0.3, 0.4) is 0 Å². The number of fused-ring (bicyclic) bond motifs is 1. The van der Waals surface area contributed by atoms with E-state index in [0.717, 1.165) is 5.52 Å². The SMILES string of the molecule is CCn1c(C(=O)O)[n+](CC)c2ccc(C(=O)NCCCNC(=O)OC(C)(C)C)cc21. The van der Waals surface area contributed by atoms with Gasteiger partial charge in [-0.3, -0.25) is 4.79 Å². The van der Waals surface area contributed by atoms with Crippen LogP contribution in [0.25, 0.3) is 11.0 Å². The number of aromatic nitrogens is 2. The molecule has 1 heterocycles. The first-order valence-corrected chi connectivity index (χ1v) is 10.1. The molecule has 30 heavy (non-hydrogen) atoms. The smallest absolute Gasteiger partial charge is 0.419 e. The number of ether oxygens (including phenoxy) is 1. The van der Waals surface area contributed by atoms with Gasteiger partial charge in [-0.15, -0.1) is 0 Å². The summed E-state index contributed by atoms with van der Waals surface area (Å²) >= 11 is 0. The van der Waals surface area contributed by atoms with E-state index in [1.807, 2.05) is 13.8 Å². The molecule has 0 aliphatic heterocycles. The Balaban J connectivity index is 2.02. The minimum Gasteiger partial charge on any atom is -0.472 e. The van der Waals surface area contributed by atoms with Gasteiger partial charge in [0.1, 0.15) is 5.60 Å². The molecule has 9 nitrogen and oxygen atoms in total. The first-order valence-electron chi connectivity index (χ1n) is 10.1. The molecule has 2 aromatic rings. The third kappa shape index (κ3) is 5.49. The number of hydrogen-bond acceptors (Lipinski definition) is 4. The number of carboxylic acids is 1. The standard InChI is InChI=1S/C21H30N4O5/c1-6-24-15-10-9-14(13-16(15)25(7-2)18(24)19(27)28)17(26)22-11-8-12-23-20(29)30-21(3,4)5/h9-10,13H,6-8,11-12H2,1-5H3,(H2-,22,23,26,27,28,29)/p+1. The summed E-state index contributed by atoms with van der Waals surface area (Å²) in [4.78, 5) is 35.8.